The highest BCUT2D eigenvalue weighted by molar-refractivity contribution is 6.03. The zero-order valence-electron chi connectivity index (χ0n) is 9.26. The van der Waals surface area contributed by atoms with Gasteiger partial charge in [0.2, 0.25) is 5.91 Å². The van der Waals surface area contributed by atoms with E-state index in [0.29, 0.717) is 0 Å². The zero-order valence-corrected chi connectivity index (χ0v) is 9.26. The molecule has 1 rings (SSSR count). The fourth-order valence-corrected chi connectivity index (χ4v) is 1.31. The van der Waals surface area contributed by atoms with Crippen LogP contribution in [0.5, 0.6) is 0 Å². The van der Waals surface area contributed by atoms with Crippen molar-refractivity contribution >= 4 is 17.4 Å². The summed E-state index contributed by atoms with van der Waals surface area (Å²) in [5.74, 6) is -0.381. The number of ketones is 1. The Morgan fingerprint density at radius 3 is 2.53 bits per heavy atom. The van der Waals surface area contributed by atoms with Crippen LogP contribution >= 0.6 is 0 Å². The summed E-state index contributed by atoms with van der Waals surface area (Å²) >= 11 is 0. The second kappa shape index (κ2) is 4.73. The normalized spacial score (nSPS) is 9.80. The van der Waals surface area contributed by atoms with Crippen LogP contribution in [0.25, 0.3) is 0 Å². The van der Waals surface area contributed by atoms with Gasteiger partial charge in [0.15, 0.2) is 0 Å². The molecule has 1 aromatic carbocycles. The summed E-state index contributed by atoms with van der Waals surface area (Å²) in [6.07, 6.45) is -0.0621. The number of carbonyl (C=O) groups excluding carboxylic acids is 2. The first kappa shape index (κ1) is 11.4. The van der Waals surface area contributed by atoms with Crippen molar-refractivity contribution in [1.82, 2.24) is 0 Å². The molecule has 0 aliphatic carbocycles. The van der Waals surface area contributed by atoms with Gasteiger partial charge >= 0.3 is 0 Å². The molecule has 1 amide bonds. The third-order valence-corrected chi connectivity index (χ3v) is 2.29. The van der Waals surface area contributed by atoms with Crippen LogP contribution in [0, 0.1) is 13.8 Å². The molecule has 3 heteroatoms. The van der Waals surface area contributed by atoms with E-state index < -0.39 is 0 Å². The number of Topliss-reactive ketones (excluding diaryl/α,β-unsaturated/α-hetero) is 1. The highest BCUT2D eigenvalue weighted by atomic mass is 16.2. The van der Waals surface area contributed by atoms with Gasteiger partial charge in [-0.2, -0.15) is 0 Å². The first-order chi connectivity index (χ1) is 7.00. The minimum atomic E-state index is -0.254. The fraction of sp³-hybridized carbons (Fsp3) is 0.333. The molecule has 80 valence electrons. The molecule has 1 aromatic rings. The molecule has 0 aliphatic heterocycles. The lowest BCUT2D eigenvalue weighted by molar-refractivity contribution is -0.124. The number of benzene rings is 1. The molecule has 0 saturated carbocycles. The van der Waals surface area contributed by atoms with E-state index in [2.05, 4.69) is 5.32 Å². The smallest absolute Gasteiger partial charge is 0.231 e. The van der Waals surface area contributed by atoms with Crippen LogP contribution < -0.4 is 5.32 Å². The van der Waals surface area contributed by atoms with Crippen LogP contribution in [0.4, 0.5) is 5.69 Å². The number of nitrogens with one attached hydrogen (secondary N) is 1. The van der Waals surface area contributed by atoms with Gasteiger partial charge in [0.25, 0.3) is 0 Å². The molecular weight excluding hydrogens is 190 g/mol. The standard InChI is InChI=1S/C12H15NO2/c1-8-5-4-6-11(10(8)3)13-12(15)7-9(2)14/h4-6H,7H2,1-3H3,(H,13,15). The van der Waals surface area contributed by atoms with Gasteiger partial charge in [0.1, 0.15) is 5.78 Å². The zero-order chi connectivity index (χ0) is 11.4. The SMILES string of the molecule is CC(=O)CC(=O)Nc1cccc(C)c1C. The summed E-state index contributed by atoms with van der Waals surface area (Å²) in [5, 5.41) is 2.72. The molecule has 0 heterocycles. The number of rotatable bonds is 3. The van der Waals surface area contributed by atoms with E-state index in [9.17, 15) is 9.59 Å². The van der Waals surface area contributed by atoms with Crippen molar-refractivity contribution in [2.75, 3.05) is 5.32 Å². The molecule has 0 bridgehead atoms. The van der Waals surface area contributed by atoms with Gasteiger partial charge in [-0.25, -0.2) is 0 Å². The average molecular weight is 205 g/mol. The molecule has 0 saturated heterocycles. The third kappa shape index (κ3) is 3.20. The van der Waals surface area contributed by atoms with Crippen molar-refractivity contribution in [2.45, 2.75) is 27.2 Å². The van der Waals surface area contributed by atoms with Gasteiger partial charge in [-0.3, -0.25) is 9.59 Å². The number of anilines is 1. The molecule has 0 radical (unpaired) electrons. The van der Waals surface area contributed by atoms with Crippen molar-refractivity contribution in [3.63, 3.8) is 0 Å². The van der Waals surface area contributed by atoms with Crippen molar-refractivity contribution in [2.24, 2.45) is 0 Å². The highest BCUT2D eigenvalue weighted by Crippen LogP contribution is 2.17. The quantitative estimate of drug-likeness (QED) is 0.769. The number of carbonyl (C=O) groups is 2. The fourth-order valence-electron chi connectivity index (χ4n) is 1.31. The molecule has 15 heavy (non-hydrogen) atoms. The van der Waals surface area contributed by atoms with E-state index in [0.717, 1.165) is 16.8 Å². The Labute approximate surface area is 89.5 Å². The van der Waals surface area contributed by atoms with Gasteiger partial charge in [0, 0.05) is 5.69 Å². The van der Waals surface area contributed by atoms with Crippen LogP contribution in [0.3, 0.4) is 0 Å². The summed E-state index contributed by atoms with van der Waals surface area (Å²) < 4.78 is 0. The van der Waals surface area contributed by atoms with Gasteiger partial charge < -0.3 is 5.32 Å². The van der Waals surface area contributed by atoms with Gasteiger partial charge in [-0.15, -0.1) is 0 Å². The lowest BCUT2D eigenvalue weighted by atomic mass is 10.1. The van der Waals surface area contributed by atoms with E-state index >= 15 is 0 Å². The molecule has 0 atom stereocenters. The maximum Gasteiger partial charge on any atom is 0.231 e. The largest absolute Gasteiger partial charge is 0.325 e. The molecular formula is C12H15NO2. The summed E-state index contributed by atoms with van der Waals surface area (Å²) in [5.41, 5.74) is 2.94. The number of amides is 1. The summed E-state index contributed by atoms with van der Waals surface area (Å²) in [6.45, 7) is 5.33. The molecule has 0 aliphatic rings. The molecule has 0 unspecified atom stereocenters. The monoisotopic (exact) mass is 205 g/mol. The van der Waals surface area contributed by atoms with E-state index in [1.54, 1.807) is 0 Å². The summed E-state index contributed by atoms with van der Waals surface area (Å²) in [7, 11) is 0. The lowest BCUT2D eigenvalue weighted by Gasteiger charge is -2.09. The lowest BCUT2D eigenvalue weighted by Crippen LogP contribution is -2.15. The molecule has 0 fully saturated rings. The predicted octanol–water partition coefficient (Wildman–Crippen LogP) is 2.22. The number of hydrogen-bond acceptors (Lipinski definition) is 2. The van der Waals surface area contributed by atoms with Gasteiger partial charge in [-0.1, -0.05) is 12.1 Å². The number of aryl methyl sites for hydroxylation is 1. The van der Waals surface area contributed by atoms with Crippen molar-refractivity contribution in [3.05, 3.63) is 29.3 Å². The maximum atomic E-state index is 11.4. The average Bonchev–Trinajstić information content (AvgIpc) is 2.11. The maximum absolute atomic E-state index is 11.4. The van der Waals surface area contributed by atoms with Gasteiger partial charge in [-0.05, 0) is 38.0 Å². The molecule has 0 spiro atoms. The summed E-state index contributed by atoms with van der Waals surface area (Å²) in [6, 6.07) is 5.70. The van der Waals surface area contributed by atoms with Crippen molar-refractivity contribution in [3.8, 4) is 0 Å². The Morgan fingerprint density at radius 2 is 1.93 bits per heavy atom. The van der Waals surface area contributed by atoms with Crippen LogP contribution in [-0.2, 0) is 9.59 Å². The Kier molecular flexibility index (Phi) is 3.61. The second-order valence-corrected chi connectivity index (χ2v) is 3.67. The second-order valence-electron chi connectivity index (χ2n) is 3.67. The van der Waals surface area contributed by atoms with Crippen LogP contribution in [-0.4, -0.2) is 11.7 Å². The molecule has 1 N–H and O–H groups in total. The third-order valence-electron chi connectivity index (χ3n) is 2.29. The van der Waals surface area contributed by atoms with Crippen LogP contribution in [0.2, 0.25) is 0 Å². The Hall–Kier alpha value is -1.64. The van der Waals surface area contributed by atoms with E-state index in [1.165, 1.54) is 6.92 Å². The van der Waals surface area contributed by atoms with E-state index in [-0.39, 0.29) is 18.1 Å². The van der Waals surface area contributed by atoms with E-state index in [4.69, 9.17) is 0 Å². The highest BCUT2D eigenvalue weighted by Gasteiger charge is 2.07. The predicted molar refractivity (Wildman–Crippen MR) is 59.8 cm³/mol. The first-order valence-corrected chi connectivity index (χ1v) is 4.86. The molecule has 0 aromatic heterocycles. The Balaban J connectivity index is 2.77. The minimum Gasteiger partial charge on any atom is -0.325 e. The van der Waals surface area contributed by atoms with Crippen molar-refractivity contribution < 1.29 is 9.59 Å². The Bertz CT molecular complexity index is 397. The first-order valence-electron chi connectivity index (χ1n) is 4.86. The van der Waals surface area contributed by atoms with Crippen LogP contribution in [0.15, 0.2) is 18.2 Å². The van der Waals surface area contributed by atoms with Crippen molar-refractivity contribution in [1.29, 1.82) is 0 Å². The molecule has 3 nitrogen and oxygen atoms in total. The summed E-state index contributed by atoms with van der Waals surface area (Å²) in [4.78, 5) is 22.1. The van der Waals surface area contributed by atoms with Gasteiger partial charge in [0.05, 0.1) is 6.42 Å². The Morgan fingerprint density at radius 1 is 1.27 bits per heavy atom. The van der Waals surface area contributed by atoms with E-state index in [1.807, 2.05) is 32.0 Å². The minimum absolute atomic E-state index is 0.0621. The number of hydrogen-bond donors (Lipinski definition) is 1. The van der Waals surface area contributed by atoms with Crippen LogP contribution in [0.1, 0.15) is 24.5 Å². The topological polar surface area (TPSA) is 46.2 Å².